The Morgan fingerprint density at radius 1 is 1.42 bits per heavy atom. The van der Waals surface area contributed by atoms with Crippen LogP contribution in [0, 0.1) is 6.57 Å². The van der Waals surface area contributed by atoms with E-state index in [-0.39, 0.29) is 11.3 Å². The minimum atomic E-state index is -2.59. The summed E-state index contributed by atoms with van der Waals surface area (Å²) in [4.78, 5) is 2.98. The van der Waals surface area contributed by atoms with Crippen LogP contribution in [0.2, 0.25) is 0 Å². The molecule has 0 N–H and O–H groups in total. The van der Waals surface area contributed by atoms with E-state index in [2.05, 4.69) is 20.8 Å². The number of alkyl halides is 2. The number of halogens is 3. The molecule has 0 fully saturated rings. The highest BCUT2D eigenvalue weighted by atomic mass is 79.9. The lowest BCUT2D eigenvalue weighted by Gasteiger charge is -2.01. The third-order valence-corrected chi connectivity index (χ3v) is 1.84. The molecule has 0 aliphatic rings. The van der Waals surface area contributed by atoms with Crippen LogP contribution in [0.1, 0.15) is 12.0 Å². The average molecular weight is 232 g/mol. The Hall–Kier alpha value is -0.950. The minimum Gasteiger partial charge on any atom is -0.238 e. The summed E-state index contributed by atoms with van der Waals surface area (Å²) in [6, 6.07) is 4.20. The highest BCUT2D eigenvalue weighted by molar-refractivity contribution is 9.10. The van der Waals surface area contributed by atoms with Crippen LogP contribution in [0.3, 0.4) is 0 Å². The van der Waals surface area contributed by atoms with Crippen molar-refractivity contribution in [2.75, 3.05) is 0 Å². The second-order valence-corrected chi connectivity index (χ2v) is 3.03. The van der Waals surface area contributed by atoms with Gasteiger partial charge in [0.2, 0.25) is 0 Å². The van der Waals surface area contributed by atoms with Crippen molar-refractivity contribution in [2.45, 2.75) is 6.43 Å². The summed E-state index contributed by atoms with van der Waals surface area (Å²) in [5.41, 5.74) is -0.215. The van der Waals surface area contributed by atoms with Crippen LogP contribution in [0.4, 0.5) is 14.5 Å². The van der Waals surface area contributed by atoms with E-state index in [1.165, 1.54) is 12.1 Å². The molecule has 0 spiro atoms. The highest BCUT2D eigenvalue weighted by Crippen LogP contribution is 2.31. The maximum Gasteiger partial charge on any atom is 0.255 e. The molecular weight excluding hydrogens is 228 g/mol. The van der Waals surface area contributed by atoms with Crippen molar-refractivity contribution in [3.63, 3.8) is 0 Å². The van der Waals surface area contributed by atoms with Gasteiger partial charge in [0.1, 0.15) is 0 Å². The number of rotatable bonds is 1. The molecule has 0 unspecified atom stereocenters. The van der Waals surface area contributed by atoms with Gasteiger partial charge in [-0.2, -0.15) is 0 Å². The maximum absolute atomic E-state index is 12.2. The van der Waals surface area contributed by atoms with Gasteiger partial charge in [0.25, 0.3) is 6.43 Å². The molecule has 0 aliphatic carbocycles. The van der Waals surface area contributed by atoms with Crippen LogP contribution in [-0.2, 0) is 0 Å². The zero-order valence-electron chi connectivity index (χ0n) is 5.89. The fourth-order valence-electron chi connectivity index (χ4n) is 0.802. The van der Waals surface area contributed by atoms with Crippen molar-refractivity contribution in [3.05, 3.63) is 39.7 Å². The summed E-state index contributed by atoms with van der Waals surface area (Å²) in [5, 5.41) is 0. The average Bonchev–Trinajstić information content (AvgIpc) is 2.04. The molecule has 1 nitrogen and oxygen atoms in total. The van der Waals surface area contributed by atoms with Crippen LogP contribution in [-0.4, -0.2) is 0 Å². The molecule has 1 aromatic rings. The topological polar surface area (TPSA) is 4.36 Å². The number of benzene rings is 1. The Kier molecular flexibility index (Phi) is 2.77. The maximum atomic E-state index is 12.2. The van der Waals surface area contributed by atoms with E-state index in [1.54, 1.807) is 6.07 Å². The van der Waals surface area contributed by atoms with Crippen LogP contribution in [0.15, 0.2) is 22.7 Å². The van der Waals surface area contributed by atoms with E-state index in [9.17, 15) is 8.78 Å². The van der Waals surface area contributed by atoms with Gasteiger partial charge < -0.3 is 0 Å². The highest BCUT2D eigenvalue weighted by Gasteiger charge is 2.12. The van der Waals surface area contributed by atoms with Crippen LogP contribution < -0.4 is 0 Å². The van der Waals surface area contributed by atoms with E-state index in [1.807, 2.05) is 0 Å². The quantitative estimate of drug-likeness (QED) is 0.646. The Morgan fingerprint density at radius 2 is 2.08 bits per heavy atom. The first-order valence-corrected chi connectivity index (χ1v) is 3.89. The smallest absolute Gasteiger partial charge is 0.238 e. The van der Waals surface area contributed by atoms with Gasteiger partial charge in [-0.3, -0.25) is 0 Å². The van der Waals surface area contributed by atoms with Crippen LogP contribution in [0.25, 0.3) is 4.85 Å². The van der Waals surface area contributed by atoms with Crippen molar-refractivity contribution < 1.29 is 8.78 Å². The predicted molar refractivity (Wildman–Crippen MR) is 45.4 cm³/mol. The van der Waals surface area contributed by atoms with Crippen molar-refractivity contribution in [1.82, 2.24) is 0 Å². The molecule has 0 aromatic heterocycles. The molecule has 0 heterocycles. The Morgan fingerprint density at radius 3 is 2.58 bits per heavy atom. The van der Waals surface area contributed by atoms with Gasteiger partial charge in [-0.15, -0.1) is 0 Å². The summed E-state index contributed by atoms with van der Waals surface area (Å²) < 4.78 is 25.0. The molecule has 62 valence electrons. The molecular formula is C8H4BrF2N. The summed E-state index contributed by atoms with van der Waals surface area (Å²) in [6.45, 7) is 6.62. The Bertz CT molecular complexity index is 330. The fourth-order valence-corrected chi connectivity index (χ4v) is 1.18. The third-order valence-electron chi connectivity index (χ3n) is 1.35. The SMILES string of the molecule is [C-]#[N+]c1ccc(Br)cc1C(F)F. The summed E-state index contributed by atoms with van der Waals surface area (Å²) in [6.07, 6.45) is -2.59. The first-order valence-electron chi connectivity index (χ1n) is 3.10. The normalized spacial score (nSPS) is 9.92. The first kappa shape index (κ1) is 9.14. The van der Waals surface area contributed by atoms with Gasteiger partial charge >= 0.3 is 0 Å². The van der Waals surface area contributed by atoms with E-state index >= 15 is 0 Å². The molecule has 0 bridgehead atoms. The van der Waals surface area contributed by atoms with Crippen molar-refractivity contribution in [2.24, 2.45) is 0 Å². The lowest BCUT2D eigenvalue weighted by atomic mass is 10.2. The van der Waals surface area contributed by atoms with Gasteiger partial charge in [0.15, 0.2) is 5.69 Å². The monoisotopic (exact) mass is 231 g/mol. The molecule has 0 radical (unpaired) electrons. The largest absolute Gasteiger partial charge is 0.255 e. The molecule has 0 atom stereocenters. The van der Waals surface area contributed by atoms with Crippen LogP contribution >= 0.6 is 15.9 Å². The lowest BCUT2D eigenvalue weighted by Crippen LogP contribution is -1.83. The van der Waals surface area contributed by atoms with Crippen LogP contribution in [0.5, 0.6) is 0 Å². The van der Waals surface area contributed by atoms with Gasteiger partial charge in [-0.1, -0.05) is 28.1 Å². The molecule has 12 heavy (non-hydrogen) atoms. The van der Waals surface area contributed by atoms with Gasteiger partial charge in [-0.25, -0.2) is 13.6 Å². The minimum absolute atomic E-state index is 0.00759. The first-order chi connectivity index (χ1) is 5.65. The second kappa shape index (κ2) is 3.63. The zero-order valence-corrected chi connectivity index (χ0v) is 7.48. The molecule has 0 saturated heterocycles. The molecule has 0 aliphatic heterocycles. The van der Waals surface area contributed by atoms with Crippen molar-refractivity contribution >= 4 is 21.6 Å². The van der Waals surface area contributed by atoms with Gasteiger partial charge in [-0.05, 0) is 6.07 Å². The summed E-state index contributed by atoms with van der Waals surface area (Å²) >= 11 is 3.06. The zero-order chi connectivity index (χ0) is 9.14. The van der Waals surface area contributed by atoms with E-state index < -0.39 is 6.43 Å². The Balaban J connectivity index is 3.24. The van der Waals surface area contributed by atoms with Crippen molar-refractivity contribution in [1.29, 1.82) is 0 Å². The summed E-state index contributed by atoms with van der Waals surface area (Å²) in [5.74, 6) is 0. The third kappa shape index (κ3) is 1.80. The predicted octanol–water partition coefficient (Wildman–Crippen LogP) is 3.94. The summed E-state index contributed by atoms with van der Waals surface area (Å²) in [7, 11) is 0. The van der Waals surface area contributed by atoms with Gasteiger partial charge in [0.05, 0.1) is 6.57 Å². The number of hydrogen-bond acceptors (Lipinski definition) is 0. The van der Waals surface area contributed by atoms with E-state index in [4.69, 9.17) is 6.57 Å². The number of hydrogen-bond donors (Lipinski definition) is 0. The molecule has 0 amide bonds. The van der Waals surface area contributed by atoms with Crippen molar-refractivity contribution in [3.8, 4) is 0 Å². The van der Waals surface area contributed by atoms with Gasteiger partial charge in [0, 0.05) is 10.0 Å². The molecule has 0 saturated carbocycles. The molecule has 1 aromatic carbocycles. The Labute approximate surface area is 77.0 Å². The standard InChI is InChI=1S/C8H4BrF2N/c1-12-7-3-2-5(9)4-6(7)8(10)11/h2-4,8H. The number of nitrogens with zero attached hydrogens (tertiary/aromatic N) is 1. The lowest BCUT2D eigenvalue weighted by molar-refractivity contribution is 0.152. The van der Waals surface area contributed by atoms with E-state index in [0.29, 0.717) is 4.47 Å². The second-order valence-electron chi connectivity index (χ2n) is 2.12. The molecule has 4 heteroatoms. The van der Waals surface area contributed by atoms with E-state index in [0.717, 1.165) is 0 Å². The fraction of sp³-hybridized carbons (Fsp3) is 0.125. The molecule has 1 rings (SSSR count).